The number of benzene rings is 2. The fraction of sp³-hybridized carbons (Fsp3) is 0.263. The van der Waals surface area contributed by atoms with Gasteiger partial charge in [0.2, 0.25) is 5.91 Å². The number of anilines is 1. The van der Waals surface area contributed by atoms with Gasteiger partial charge in [0.1, 0.15) is 0 Å². The van der Waals surface area contributed by atoms with Crippen molar-refractivity contribution in [2.24, 2.45) is 0 Å². The monoisotopic (exact) mass is 343 g/mol. The van der Waals surface area contributed by atoms with Crippen LogP contribution in [0.5, 0.6) is 11.5 Å². The minimum Gasteiger partial charge on any atom is -0.493 e. The first-order valence-corrected chi connectivity index (χ1v) is 7.96. The molecule has 0 bridgehead atoms. The van der Waals surface area contributed by atoms with Gasteiger partial charge in [0.25, 0.3) is 0 Å². The first-order chi connectivity index (χ1) is 12.0. The molecule has 2 N–H and O–H groups in total. The molecule has 132 valence electrons. The second-order valence-corrected chi connectivity index (χ2v) is 5.35. The van der Waals surface area contributed by atoms with E-state index in [0.717, 1.165) is 5.56 Å². The normalized spacial score (nSPS) is 10.2. The van der Waals surface area contributed by atoms with E-state index in [-0.39, 0.29) is 11.5 Å². The number of carboxylic acid groups (broad SMARTS) is 1. The molecule has 0 atom stereocenters. The largest absolute Gasteiger partial charge is 0.493 e. The van der Waals surface area contributed by atoms with E-state index in [1.165, 1.54) is 12.1 Å². The molecule has 6 nitrogen and oxygen atoms in total. The van der Waals surface area contributed by atoms with Crippen molar-refractivity contribution in [3.05, 3.63) is 53.6 Å². The Kier molecular flexibility index (Phi) is 6.39. The molecule has 0 saturated carbocycles. The number of methoxy groups -OCH3 is 1. The zero-order valence-corrected chi connectivity index (χ0v) is 14.2. The Morgan fingerprint density at radius 3 is 2.40 bits per heavy atom. The lowest BCUT2D eigenvalue weighted by atomic mass is 10.1. The molecular formula is C19H21NO5. The van der Waals surface area contributed by atoms with Gasteiger partial charge in [0.05, 0.1) is 19.3 Å². The molecule has 0 fully saturated rings. The molecule has 1 amide bonds. The summed E-state index contributed by atoms with van der Waals surface area (Å²) in [5.41, 5.74) is 1.77. The van der Waals surface area contributed by atoms with Gasteiger partial charge in [-0.1, -0.05) is 12.1 Å². The van der Waals surface area contributed by atoms with Crippen LogP contribution in [0, 0.1) is 0 Å². The van der Waals surface area contributed by atoms with Crippen molar-refractivity contribution in [1.82, 2.24) is 0 Å². The van der Waals surface area contributed by atoms with Crippen molar-refractivity contribution in [3.8, 4) is 11.5 Å². The number of carboxylic acids is 1. The van der Waals surface area contributed by atoms with E-state index in [9.17, 15) is 9.59 Å². The van der Waals surface area contributed by atoms with E-state index >= 15 is 0 Å². The summed E-state index contributed by atoms with van der Waals surface area (Å²) in [4.78, 5) is 22.9. The molecule has 2 aromatic carbocycles. The van der Waals surface area contributed by atoms with Crippen molar-refractivity contribution in [2.75, 3.05) is 19.0 Å². The summed E-state index contributed by atoms with van der Waals surface area (Å²) in [5, 5.41) is 11.7. The van der Waals surface area contributed by atoms with Crippen LogP contribution in [0.3, 0.4) is 0 Å². The number of aromatic carboxylic acids is 1. The SMILES string of the molecule is CCOc1ccc(NC(=O)CCc2ccc(C(=O)O)cc2)cc1OC. The molecule has 0 radical (unpaired) electrons. The van der Waals surface area contributed by atoms with E-state index in [1.807, 2.05) is 6.92 Å². The minimum atomic E-state index is -0.964. The Bertz CT molecular complexity index is 740. The van der Waals surface area contributed by atoms with Crippen molar-refractivity contribution in [3.63, 3.8) is 0 Å². The molecular weight excluding hydrogens is 322 g/mol. The number of ether oxygens (including phenoxy) is 2. The first kappa shape index (κ1) is 18.3. The third-order valence-corrected chi connectivity index (χ3v) is 3.59. The molecule has 6 heteroatoms. The molecule has 2 aromatic rings. The Morgan fingerprint density at radius 2 is 1.80 bits per heavy atom. The summed E-state index contributed by atoms with van der Waals surface area (Å²) < 4.78 is 10.7. The lowest BCUT2D eigenvalue weighted by Crippen LogP contribution is -2.12. The third-order valence-electron chi connectivity index (χ3n) is 3.59. The maximum absolute atomic E-state index is 12.1. The van der Waals surface area contributed by atoms with Crippen molar-refractivity contribution < 1.29 is 24.2 Å². The van der Waals surface area contributed by atoms with Gasteiger partial charge in [-0.2, -0.15) is 0 Å². The summed E-state index contributed by atoms with van der Waals surface area (Å²) in [5.74, 6) is 0.0905. The topological polar surface area (TPSA) is 84.9 Å². The van der Waals surface area contributed by atoms with Crippen molar-refractivity contribution in [2.45, 2.75) is 19.8 Å². The van der Waals surface area contributed by atoms with Gasteiger partial charge < -0.3 is 19.9 Å². The summed E-state index contributed by atoms with van der Waals surface area (Å²) in [6, 6.07) is 11.7. The van der Waals surface area contributed by atoms with Crippen LogP contribution in [0.25, 0.3) is 0 Å². The molecule has 0 spiro atoms. The summed E-state index contributed by atoms with van der Waals surface area (Å²) in [7, 11) is 1.55. The molecule has 2 rings (SSSR count). The maximum Gasteiger partial charge on any atom is 0.335 e. The molecule has 0 aromatic heterocycles. The van der Waals surface area contributed by atoms with Gasteiger partial charge in [0.15, 0.2) is 11.5 Å². The van der Waals surface area contributed by atoms with Crippen molar-refractivity contribution in [1.29, 1.82) is 0 Å². The van der Waals surface area contributed by atoms with Gasteiger partial charge in [-0.05, 0) is 43.2 Å². The number of rotatable bonds is 8. The second-order valence-electron chi connectivity index (χ2n) is 5.35. The van der Waals surface area contributed by atoms with E-state index < -0.39 is 5.97 Å². The summed E-state index contributed by atoms with van der Waals surface area (Å²) in [6.45, 7) is 2.42. The van der Waals surface area contributed by atoms with E-state index in [1.54, 1.807) is 37.4 Å². The second kappa shape index (κ2) is 8.73. The van der Waals surface area contributed by atoms with Crippen LogP contribution >= 0.6 is 0 Å². The highest BCUT2D eigenvalue weighted by Gasteiger charge is 2.09. The van der Waals surface area contributed by atoms with Crippen LogP contribution in [0.15, 0.2) is 42.5 Å². The highest BCUT2D eigenvalue weighted by molar-refractivity contribution is 5.91. The average molecular weight is 343 g/mol. The maximum atomic E-state index is 12.1. The fourth-order valence-electron chi connectivity index (χ4n) is 2.32. The first-order valence-electron chi connectivity index (χ1n) is 7.96. The molecule has 0 aliphatic heterocycles. The fourth-order valence-corrected chi connectivity index (χ4v) is 2.32. The highest BCUT2D eigenvalue weighted by Crippen LogP contribution is 2.30. The lowest BCUT2D eigenvalue weighted by Gasteiger charge is -2.11. The minimum absolute atomic E-state index is 0.131. The zero-order chi connectivity index (χ0) is 18.2. The van der Waals surface area contributed by atoms with Crippen LogP contribution in [0.1, 0.15) is 29.3 Å². The van der Waals surface area contributed by atoms with Crippen LogP contribution in [-0.2, 0) is 11.2 Å². The Hall–Kier alpha value is -3.02. The molecule has 0 aliphatic carbocycles. The Balaban J connectivity index is 1.92. The van der Waals surface area contributed by atoms with Gasteiger partial charge in [-0.25, -0.2) is 4.79 Å². The predicted molar refractivity (Wildman–Crippen MR) is 94.5 cm³/mol. The highest BCUT2D eigenvalue weighted by atomic mass is 16.5. The smallest absolute Gasteiger partial charge is 0.335 e. The third kappa shape index (κ3) is 5.24. The van der Waals surface area contributed by atoms with Gasteiger partial charge in [0, 0.05) is 18.2 Å². The zero-order valence-electron chi connectivity index (χ0n) is 14.2. The average Bonchev–Trinajstić information content (AvgIpc) is 2.61. The number of nitrogens with one attached hydrogen (secondary N) is 1. The number of hydrogen-bond donors (Lipinski definition) is 2. The lowest BCUT2D eigenvalue weighted by molar-refractivity contribution is -0.116. The molecule has 0 aliphatic rings. The van der Waals surface area contributed by atoms with Gasteiger partial charge in [-0.15, -0.1) is 0 Å². The number of hydrogen-bond acceptors (Lipinski definition) is 4. The van der Waals surface area contributed by atoms with Gasteiger partial charge in [-0.3, -0.25) is 4.79 Å². The van der Waals surface area contributed by atoms with E-state index in [4.69, 9.17) is 14.6 Å². The summed E-state index contributed by atoms with van der Waals surface area (Å²) in [6.07, 6.45) is 0.821. The number of aryl methyl sites for hydroxylation is 1. The number of carbonyl (C=O) groups is 2. The summed E-state index contributed by atoms with van der Waals surface area (Å²) >= 11 is 0. The molecule has 0 heterocycles. The van der Waals surface area contributed by atoms with E-state index in [0.29, 0.717) is 36.6 Å². The van der Waals surface area contributed by atoms with E-state index in [2.05, 4.69) is 5.32 Å². The Labute approximate surface area is 146 Å². The van der Waals surface area contributed by atoms with Crippen LogP contribution in [-0.4, -0.2) is 30.7 Å². The Morgan fingerprint density at radius 1 is 1.08 bits per heavy atom. The number of amides is 1. The van der Waals surface area contributed by atoms with Gasteiger partial charge >= 0.3 is 5.97 Å². The molecule has 25 heavy (non-hydrogen) atoms. The molecule has 0 saturated heterocycles. The predicted octanol–water partition coefficient (Wildman–Crippen LogP) is 3.36. The molecule has 0 unspecified atom stereocenters. The standard InChI is InChI=1S/C19H21NO5/c1-3-25-16-10-9-15(12-17(16)24-2)20-18(21)11-6-13-4-7-14(8-5-13)19(22)23/h4-5,7-10,12H,3,6,11H2,1-2H3,(H,20,21)(H,22,23). The van der Waals surface area contributed by atoms with Crippen molar-refractivity contribution >= 4 is 17.6 Å². The van der Waals surface area contributed by atoms with Crippen LogP contribution in [0.2, 0.25) is 0 Å². The number of carbonyl (C=O) groups excluding carboxylic acids is 1. The van der Waals surface area contributed by atoms with Crippen LogP contribution < -0.4 is 14.8 Å². The van der Waals surface area contributed by atoms with Crippen LogP contribution in [0.4, 0.5) is 5.69 Å². The quantitative estimate of drug-likeness (QED) is 0.768.